The van der Waals surface area contributed by atoms with Crippen LogP contribution in [-0.4, -0.2) is 38.3 Å². The van der Waals surface area contributed by atoms with Gasteiger partial charge in [0.15, 0.2) is 0 Å². The molecule has 1 aliphatic rings. The van der Waals surface area contributed by atoms with Crippen molar-refractivity contribution in [2.75, 3.05) is 13.7 Å². The van der Waals surface area contributed by atoms with E-state index in [2.05, 4.69) is 5.32 Å². The Bertz CT molecular complexity index is 977. The first kappa shape index (κ1) is 21.6. The number of nitrogens with one attached hydrogen (secondary N) is 1. The van der Waals surface area contributed by atoms with Crippen molar-refractivity contribution in [1.29, 1.82) is 0 Å². The van der Waals surface area contributed by atoms with Crippen LogP contribution in [0.1, 0.15) is 30.4 Å². The molecule has 0 aliphatic carbocycles. The van der Waals surface area contributed by atoms with Crippen molar-refractivity contribution in [3.05, 3.63) is 58.6 Å². The van der Waals surface area contributed by atoms with E-state index >= 15 is 0 Å². The van der Waals surface area contributed by atoms with Gasteiger partial charge in [0.2, 0.25) is 15.9 Å². The van der Waals surface area contributed by atoms with Crippen molar-refractivity contribution in [2.45, 2.75) is 43.7 Å². The molecule has 0 saturated carbocycles. The number of nitrogens with zero attached hydrogens (tertiary/aromatic N) is 1. The molecule has 156 valence electrons. The van der Waals surface area contributed by atoms with Crippen LogP contribution in [0.5, 0.6) is 5.75 Å². The van der Waals surface area contributed by atoms with E-state index in [1.165, 1.54) is 16.4 Å². The number of methoxy groups -OCH3 is 1. The fraction of sp³-hybridized carbons (Fsp3) is 0.381. The molecule has 2 aromatic rings. The minimum absolute atomic E-state index is 0.0961. The molecule has 1 fully saturated rings. The first-order valence-corrected chi connectivity index (χ1v) is 11.3. The van der Waals surface area contributed by atoms with E-state index in [1.807, 2.05) is 19.1 Å². The third kappa shape index (κ3) is 4.91. The lowest BCUT2D eigenvalue weighted by molar-refractivity contribution is -0.124. The number of amides is 1. The number of hydrogen-bond acceptors (Lipinski definition) is 4. The summed E-state index contributed by atoms with van der Waals surface area (Å²) < 4.78 is 33.6. The van der Waals surface area contributed by atoms with E-state index in [0.29, 0.717) is 23.7 Å². The monoisotopic (exact) mass is 436 g/mol. The average molecular weight is 437 g/mol. The van der Waals surface area contributed by atoms with E-state index < -0.39 is 16.1 Å². The number of hydrogen-bond donors (Lipinski definition) is 1. The van der Waals surface area contributed by atoms with Crippen LogP contribution in [0.25, 0.3) is 0 Å². The fourth-order valence-electron chi connectivity index (χ4n) is 3.44. The standard InChI is InChI=1S/C21H25ClN2O4S/c1-15-13-18(28-2)9-6-16(15)14-24(20-5-3-4-12-23-21(20)25)29(26,27)19-10-7-17(22)8-11-19/h6-11,13,20H,3-5,12,14H2,1-2H3,(H,23,25). The lowest BCUT2D eigenvalue weighted by Gasteiger charge is -2.29. The zero-order valence-corrected chi connectivity index (χ0v) is 18.1. The third-order valence-electron chi connectivity index (χ3n) is 5.15. The number of carbonyl (C=O) groups is 1. The Labute approximate surface area is 176 Å². The number of ether oxygens (including phenoxy) is 1. The summed E-state index contributed by atoms with van der Waals surface area (Å²) in [5.41, 5.74) is 1.72. The van der Waals surface area contributed by atoms with Gasteiger partial charge in [0.05, 0.1) is 12.0 Å². The molecule has 0 bridgehead atoms. The lowest BCUT2D eigenvalue weighted by atomic mass is 10.1. The van der Waals surface area contributed by atoms with Gasteiger partial charge in [0.1, 0.15) is 11.8 Å². The number of rotatable bonds is 6. The van der Waals surface area contributed by atoms with Gasteiger partial charge in [-0.1, -0.05) is 17.7 Å². The molecule has 3 rings (SSSR count). The second-order valence-corrected chi connectivity index (χ2v) is 9.43. The summed E-state index contributed by atoms with van der Waals surface area (Å²) in [5, 5.41) is 3.29. The van der Waals surface area contributed by atoms with Crippen molar-refractivity contribution in [3.63, 3.8) is 0 Å². The van der Waals surface area contributed by atoms with Crippen LogP contribution in [0.2, 0.25) is 5.02 Å². The Morgan fingerprint density at radius 3 is 2.55 bits per heavy atom. The molecule has 1 amide bonds. The number of aryl methyl sites for hydroxylation is 1. The molecule has 2 aromatic carbocycles. The summed E-state index contributed by atoms with van der Waals surface area (Å²) in [7, 11) is -2.33. The molecular formula is C21H25ClN2O4S. The maximum Gasteiger partial charge on any atom is 0.244 e. The topological polar surface area (TPSA) is 75.7 Å². The smallest absolute Gasteiger partial charge is 0.244 e. The maximum absolute atomic E-state index is 13.5. The molecule has 1 N–H and O–H groups in total. The van der Waals surface area contributed by atoms with Crippen LogP contribution >= 0.6 is 11.6 Å². The van der Waals surface area contributed by atoms with Gasteiger partial charge in [-0.2, -0.15) is 4.31 Å². The van der Waals surface area contributed by atoms with E-state index in [1.54, 1.807) is 25.3 Å². The second-order valence-electron chi connectivity index (χ2n) is 7.10. The van der Waals surface area contributed by atoms with Crippen molar-refractivity contribution in [3.8, 4) is 5.75 Å². The molecule has 1 heterocycles. The molecule has 1 saturated heterocycles. The highest BCUT2D eigenvalue weighted by Gasteiger charge is 2.36. The molecule has 29 heavy (non-hydrogen) atoms. The largest absolute Gasteiger partial charge is 0.497 e. The minimum Gasteiger partial charge on any atom is -0.497 e. The van der Waals surface area contributed by atoms with Crippen LogP contribution in [0.4, 0.5) is 0 Å². The van der Waals surface area contributed by atoms with Gasteiger partial charge in [-0.3, -0.25) is 4.79 Å². The predicted octanol–water partition coefficient (Wildman–Crippen LogP) is 3.52. The highest BCUT2D eigenvalue weighted by molar-refractivity contribution is 7.89. The first-order chi connectivity index (χ1) is 13.8. The van der Waals surface area contributed by atoms with E-state index in [9.17, 15) is 13.2 Å². The number of sulfonamides is 1. The summed E-state index contributed by atoms with van der Waals surface area (Å²) in [6.07, 6.45) is 2.09. The molecule has 0 spiro atoms. The van der Waals surface area contributed by atoms with Gasteiger partial charge in [0, 0.05) is 18.1 Å². The van der Waals surface area contributed by atoms with Crippen molar-refractivity contribution < 1.29 is 17.9 Å². The van der Waals surface area contributed by atoms with E-state index in [4.69, 9.17) is 16.3 Å². The molecule has 1 unspecified atom stereocenters. The molecule has 6 nitrogen and oxygen atoms in total. The Morgan fingerprint density at radius 2 is 1.90 bits per heavy atom. The quantitative estimate of drug-likeness (QED) is 0.751. The third-order valence-corrected chi connectivity index (χ3v) is 7.27. The molecular weight excluding hydrogens is 412 g/mol. The molecule has 8 heteroatoms. The van der Waals surface area contributed by atoms with Gasteiger partial charge >= 0.3 is 0 Å². The summed E-state index contributed by atoms with van der Waals surface area (Å²) in [5.74, 6) is 0.441. The minimum atomic E-state index is -3.91. The number of carbonyl (C=O) groups excluding carboxylic acids is 1. The summed E-state index contributed by atoms with van der Waals surface area (Å²) >= 11 is 5.93. The Hall–Kier alpha value is -2.09. The van der Waals surface area contributed by atoms with Crippen molar-refractivity contribution >= 4 is 27.5 Å². The second kappa shape index (κ2) is 9.15. The Balaban J connectivity index is 2.03. The summed E-state index contributed by atoms with van der Waals surface area (Å²) in [4.78, 5) is 12.8. The van der Waals surface area contributed by atoms with Crippen LogP contribution in [0.15, 0.2) is 47.4 Å². The zero-order valence-electron chi connectivity index (χ0n) is 16.5. The van der Waals surface area contributed by atoms with Crippen molar-refractivity contribution in [2.24, 2.45) is 0 Å². The van der Waals surface area contributed by atoms with Gasteiger partial charge in [0.25, 0.3) is 0 Å². The van der Waals surface area contributed by atoms with Crippen LogP contribution < -0.4 is 10.1 Å². The van der Waals surface area contributed by atoms with Crippen LogP contribution in [-0.2, 0) is 21.4 Å². The molecule has 0 radical (unpaired) electrons. The molecule has 0 aromatic heterocycles. The molecule has 1 atom stereocenters. The number of benzene rings is 2. The molecule has 1 aliphatic heterocycles. The fourth-order valence-corrected chi connectivity index (χ4v) is 5.17. The van der Waals surface area contributed by atoms with Gasteiger partial charge in [-0.25, -0.2) is 8.42 Å². The lowest BCUT2D eigenvalue weighted by Crippen LogP contribution is -2.48. The highest BCUT2D eigenvalue weighted by Crippen LogP contribution is 2.27. The van der Waals surface area contributed by atoms with E-state index in [0.717, 1.165) is 24.0 Å². The van der Waals surface area contributed by atoms with Crippen molar-refractivity contribution in [1.82, 2.24) is 9.62 Å². The van der Waals surface area contributed by atoms with Gasteiger partial charge in [-0.15, -0.1) is 0 Å². The van der Waals surface area contributed by atoms with Gasteiger partial charge in [-0.05, 0) is 73.7 Å². The van der Waals surface area contributed by atoms with Crippen LogP contribution in [0.3, 0.4) is 0 Å². The number of halogens is 1. The zero-order chi connectivity index (χ0) is 21.0. The van der Waals surface area contributed by atoms with Crippen LogP contribution in [0, 0.1) is 6.92 Å². The normalized spacial score (nSPS) is 17.7. The average Bonchev–Trinajstić information content (AvgIpc) is 2.91. The van der Waals surface area contributed by atoms with E-state index in [-0.39, 0.29) is 17.3 Å². The van der Waals surface area contributed by atoms with Gasteiger partial charge < -0.3 is 10.1 Å². The SMILES string of the molecule is COc1ccc(CN(C2CCCCNC2=O)S(=O)(=O)c2ccc(Cl)cc2)c(C)c1. The Kier molecular flexibility index (Phi) is 6.82. The summed E-state index contributed by atoms with van der Waals surface area (Å²) in [6.45, 7) is 2.56. The predicted molar refractivity (Wildman–Crippen MR) is 113 cm³/mol. The first-order valence-electron chi connectivity index (χ1n) is 9.51. The Morgan fingerprint density at radius 1 is 1.17 bits per heavy atom. The maximum atomic E-state index is 13.5. The summed E-state index contributed by atoms with van der Waals surface area (Å²) in [6, 6.07) is 10.8. The highest BCUT2D eigenvalue weighted by atomic mass is 35.5.